The number of ether oxygens (including phenoxy) is 1. The molecule has 0 atom stereocenters. The highest BCUT2D eigenvalue weighted by molar-refractivity contribution is 5.98. The molecule has 0 unspecified atom stereocenters. The lowest BCUT2D eigenvalue weighted by molar-refractivity contribution is -0.0447. The van der Waals surface area contributed by atoms with Crippen molar-refractivity contribution in [1.82, 2.24) is 4.90 Å². The van der Waals surface area contributed by atoms with Crippen molar-refractivity contribution >= 4 is 11.5 Å². The second-order valence-electron chi connectivity index (χ2n) is 10.1. The zero-order valence-corrected chi connectivity index (χ0v) is 18.5. The van der Waals surface area contributed by atoms with E-state index >= 15 is 0 Å². The standard InChI is InChI=1S/C25H36N2O3/c1-24(2)9-5-18(6-10-24)22-17-19(3-4-21(22)23(26)28)25(29)11-7-20(8-12-25)27-13-15-30-16-14-27/h3-5,17,20,29H,6-16H2,1-2H3,(H2,26,28)/t20-,25-. The summed E-state index contributed by atoms with van der Waals surface area (Å²) < 4.78 is 5.48. The molecule has 164 valence electrons. The van der Waals surface area contributed by atoms with Crippen molar-refractivity contribution in [2.24, 2.45) is 11.1 Å². The van der Waals surface area contributed by atoms with E-state index in [1.165, 1.54) is 5.57 Å². The average Bonchev–Trinajstić information content (AvgIpc) is 2.74. The Morgan fingerprint density at radius 3 is 2.47 bits per heavy atom. The molecule has 5 nitrogen and oxygen atoms in total. The molecule has 30 heavy (non-hydrogen) atoms. The van der Waals surface area contributed by atoms with Crippen LogP contribution >= 0.6 is 0 Å². The van der Waals surface area contributed by atoms with E-state index in [2.05, 4.69) is 24.8 Å². The number of aliphatic hydroxyl groups is 1. The Morgan fingerprint density at radius 1 is 1.17 bits per heavy atom. The Balaban J connectivity index is 1.56. The lowest BCUT2D eigenvalue weighted by Gasteiger charge is -2.42. The van der Waals surface area contributed by atoms with Crippen molar-refractivity contribution in [3.8, 4) is 0 Å². The Hall–Kier alpha value is -1.69. The van der Waals surface area contributed by atoms with Crippen LogP contribution in [0.2, 0.25) is 0 Å². The van der Waals surface area contributed by atoms with Crippen LogP contribution in [0.3, 0.4) is 0 Å². The van der Waals surface area contributed by atoms with Crippen molar-refractivity contribution in [2.45, 2.75) is 70.4 Å². The van der Waals surface area contributed by atoms with Gasteiger partial charge in [0.25, 0.3) is 0 Å². The summed E-state index contributed by atoms with van der Waals surface area (Å²) in [6.45, 7) is 8.16. The molecule has 2 fully saturated rings. The van der Waals surface area contributed by atoms with Crippen LogP contribution in [0.15, 0.2) is 24.3 Å². The smallest absolute Gasteiger partial charge is 0.249 e. The van der Waals surface area contributed by atoms with E-state index in [1.54, 1.807) is 0 Å². The summed E-state index contributed by atoms with van der Waals surface area (Å²) >= 11 is 0. The van der Waals surface area contributed by atoms with Crippen LogP contribution in [0.4, 0.5) is 0 Å². The number of carbonyl (C=O) groups is 1. The fraction of sp³-hybridized carbons (Fsp3) is 0.640. The average molecular weight is 413 g/mol. The van der Waals surface area contributed by atoms with Crippen LogP contribution in [-0.2, 0) is 10.3 Å². The largest absolute Gasteiger partial charge is 0.385 e. The van der Waals surface area contributed by atoms with Gasteiger partial charge in [-0.1, -0.05) is 26.0 Å². The van der Waals surface area contributed by atoms with Gasteiger partial charge in [-0.15, -0.1) is 0 Å². The molecule has 3 N–H and O–H groups in total. The molecule has 1 heterocycles. The third kappa shape index (κ3) is 4.48. The van der Waals surface area contributed by atoms with Crippen molar-refractivity contribution in [3.05, 3.63) is 41.0 Å². The summed E-state index contributed by atoms with van der Waals surface area (Å²) in [6.07, 6.45) is 8.75. The lowest BCUT2D eigenvalue weighted by atomic mass is 9.74. The molecule has 3 aliphatic rings. The van der Waals surface area contributed by atoms with Crippen LogP contribution in [0, 0.1) is 5.41 Å². The first-order chi connectivity index (χ1) is 14.3. The third-order valence-corrected chi connectivity index (χ3v) is 7.48. The van der Waals surface area contributed by atoms with Gasteiger partial charge in [-0.05, 0) is 79.2 Å². The van der Waals surface area contributed by atoms with E-state index in [-0.39, 0.29) is 0 Å². The van der Waals surface area contributed by atoms with Gasteiger partial charge in [-0.25, -0.2) is 0 Å². The molecule has 1 saturated heterocycles. The van der Waals surface area contributed by atoms with Crippen molar-refractivity contribution < 1.29 is 14.6 Å². The number of carbonyl (C=O) groups excluding carboxylic acids is 1. The Morgan fingerprint density at radius 2 is 1.87 bits per heavy atom. The highest BCUT2D eigenvalue weighted by Crippen LogP contribution is 2.42. The topological polar surface area (TPSA) is 75.8 Å². The summed E-state index contributed by atoms with van der Waals surface area (Å²) in [5.74, 6) is -0.398. The van der Waals surface area contributed by atoms with Crippen molar-refractivity contribution in [1.29, 1.82) is 0 Å². The van der Waals surface area contributed by atoms with E-state index in [4.69, 9.17) is 10.5 Å². The minimum atomic E-state index is -0.831. The van der Waals surface area contributed by atoms with Gasteiger partial charge in [0, 0.05) is 24.7 Å². The minimum Gasteiger partial charge on any atom is -0.385 e. The number of rotatable bonds is 4. The zero-order valence-electron chi connectivity index (χ0n) is 18.5. The molecule has 0 bridgehead atoms. The molecule has 5 heteroatoms. The van der Waals surface area contributed by atoms with E-state index in [1.807, 2.05) is 18.2 Å². The van der Waals surface area contributed by atoms with Crippen LogP contribution < -0.4 is 5.73 Å². The van der Waals surface area contributed by atoms with E-state index in [0.717, 1.165) is 82.4 Å². The van der Waals surface area contributed by atoms with Crippen LogP contribution in [0.5, 0.6) is 0 Å². The molecule has 4 rings (SSSR count). The highest BCUT2D eigenvalue weighted by atomic mass is 16.5. The molecule has 1 aromatic rings. The first-order valence-corrected chi connectivity index (χ1v) is 11.5. The third-order valence-electron chi connectivity index (χ3n) is 7.48. The maximum absolute atomic E-state index is 12.1. The Kier molecular flexibility index (Phi) is 6.06. The quantitative estimate of drug-likeness (QED) is 0.788. The maximum atomic E-state index is 12.1. The molecule has 0 spiro atoms. The van der Waals surface area contributed by atoms with E-state index in [0.29, 0.717) is 17.0 Å². The van der Waals surface area contributed by atoms with Gasteiger partial charge in [0.05, 0.1) is 18.8 Å². The molecular weight excluding hydrogens is 376 g/mol. The second kappa shape index (κ2) is 8.45. The number of nitrogens with zero attached hydrogens (tertiary/aromatic N) is 1. The molecule has 0 aromatic heterocycles. The number of benzene rings is 1. The van der Waals surface area contributed by atoms with Crippen LogP contribution in [0.1, 0.15) is 80.3 Å². The number of hydrogen-bond acceptors (Lipinski definition) is 4. The number of allylic oxidation sites excluding steroid dienone is 2. The normalized spacial score (nSPS) is 30.0. The summed E-state index contributed by atoms with van der Waals surface area (Å²) in [7, 11) is 0. The predicted octanol–water partition coefficient (Wildman–Crippen LogP) is 3.84. The first-order valence-electron chi connectivity index (χ1n) is 11.5. The van der Waals surface area contributed by atoms with E-state index < -0.39 is 11.5 Å². The van der Waals surface area contributed by atoms with Crippen molar-refractivity contribution in [3.63, 3.8) is 0 Å². The monoisotopic (exact) mass is 412 g/mol. The van der Waals surface area contributed by atoms with Gasteiger partial charge in [0.15, 0.2) is 0 Å². The Labute approximate surface area is 180 Å². The predicted molar refractivity (Wildman–Crippen MR) is 119 cm³/mol. The number of nitrogens with two attached hydrogens (primary N) is 1. The zero-order chi connectivity index (χ0) is 21.4. The highest BCUT2D eigenvalue weighted by Gasteiger charge is 2.37. The van der Waals surface area contributed by atoms with Crippen LogP contribution in [-0.4, -0.2) is 48.3 Å². The maximum Gasteiger partial charge on any atom is 0.249 e. The van der Waals surface area contributed by atoms with Gasteiger partial charge in [-0.3, -0.25) is 9.69 Å². The van der Waals surface area contributed by atoms with Gasteiger partial charge in [0.1, 0.15) is 0 Å². The fourth-order valence-corrected chi connectivity index (χ4v) is 5.31. The summed E-state index contributed by atoms with van der Waals surface area (Å²) in [4.78, 5) is 14.6. The number of primary amides is 1. The molecule has 0 radical (unpaired) electrons. The molecule has 1 aliphatic heterocycles. The SMILES string of the molecule is CC1(C)CC=C(c2cc([C@]3(O)CC[C@H](N4CCOCC4)CC3)ccc2C(N)=O)CC1. The number of amides is 1. The molecule has 1 saturated carbocycles. The second-order valence-corrected chi connectivity index (χ2v) is 10.1. The molecule has 1 amide bonds. The van der Waals surface area contributed by atoms with Gasteiger partial charge in [0.2, 0.25) is 5.91 Å². The molecule has 2 aliphatic carbocycles. The van der Waals surface area contributed by atoms with Crippen LogP contribution in [0.25, 0.3) is 5.57 Å². The Bertz CT molecular complexity index is 816. The summed E-state index contributed by atoms with van der Waals surface area (Å²) in [5.41, 5.74) is 8.75. The number of morpholine rings is 1. The summed E-state index contributed by atoms with van der Waals surface area (Å²) in [5, 5.41) is 11.5. The van der Waals surface area contributed by atoms with Gasteiger partial charge < -0.3 is 15.6 Å². The first kappa shape index (κ1) is 21.5. The minimum absolute atomic E-state index is 0.296. The van der Waals surface area contributed by atoms with Gasteiger partial charge >= 0.3 is 0 Å². The van der Waals surface area contributed by atoms with E-state index in [9.17, 15) is 9.90 Å². The number of hydrogen-bond donors (Lipinski definition) is 2. The van der Waals surface area contributed by atoms with Gasteiger partial charge in [-0.2, -0.15) is 0 Å². The molecule has 1 aromatic carbocycles. The fourth-order valence-electron chi connectivity index (χ4n) is 5.31. The summed E-state index contributed by atoms with van der Waals surface area (Å²) in [6, 6.07) is 6.30. The molecular formula is C25H36N2O3. The van der Waals surface area contributed by atoms with Crippen molar-refractivity contribution in [2.75, 3.05) is 26.3 Å². The lowest BCUT2D eigenvalue weighted by Crippen LogP contribution is -2.47.